The third-order valence-corrected chi connectivity index (χ3v) is 3.63. The van der Waals surface area contributed by atoms with Crippen LogP contribution in [0.25, 0.3) is 0 Å². The smallest absolute Gasteiger partial charge is 0.255 e. The van der Waals surface area contributed by atoms with Crippen molar-refractivity contribution in [3.05, 3.63) is 65.2 Å². The fourth-order valence-electron chi connectivity index (χ4n) is 2.24. The fraction of sp³-hybridized carbons (Fsp3) is 0.278. The van der Waals surface area contributed by atoms with Crippen LogP contribution >= 0.6 is 0 Å². The first-order valence-electron chi connectivity index (χ1n) is 7.08. The lowest BCUT2D eigenvalue weighted by Gasteiger charge is -2.15. The van der Waals surface area contributed by atoms with Gasteiger partial charge < -0.3 is 5.32 Å². The molecule has 0 aliphatic rings. The van der Waals surface area contributed by atoms with Gasteiger partial charge in [-0.05, 0) is 43.0 Å². The van der Waals surface area contributed by atoms with E-state index < -0.39 is 0 Å². The van der Waals surface area contributed by atoms with Gasteiger partial charge in [-0.15, -0.1) is 0 Å². The second-order valence-electron chi connectivity index (χ2n) is 5.22. The van der Waals surface area contributed by atoms with Crippen LogP contribution in [0, 0.1) is 6.92 Å². The molecule has 20 heavy (non-hydrogen) atoms. The minimum Gasteiger partial charge on any atom is -0.322 e. The van der Waals surface area contributed by atoms with Crippen LogP contribution in [-0.4, -0.2) is 5.91 Å². The number of aryl methyl sites for hydroxylation is 1. The average Bonchev–Trinajstić information content (AvgIpc) is 2.47. The Bertz CT molecular complexity index is 604. The van der Waals surface area contributed by atoms with Gasteiger partial charge in [-0.25, -0.2) is 0 Å². The highest BCUT2D eigenvalue weighted by atomic mass is 16.1. The van der Waals surface area contributed by atoms with Gasteiger partial charge in [0.15, 0.2) is 0 Å². The maximum absolute atomic E-state index is 12.3. The molecular weight excluding hydrogens is 246 g/mol. The summed E-state index contributed by atoms with van der Waals surface area (Å²) in [6, 6.07) is 15.7. The molecule has 0 fully saturated rings. The van der Waals surface area contributed by atoms with Crippen molar-refractivity contribution in [3.63, 3.8) is 0 Å². The summed E-state index contributed by atoms with van der Waals surface area (Å²) in [5, 5.41) is 3.03. The monoisotopic (exact) mass is 267 g/mol. The van der Waals surface area contributed by atoms with Gasteiger partial charge in [0.25, 0.3) is 5.91 Å². The Labute approximate surface area is 120 Å². The zero-order valence-electron chi connectivity index (χ0n) is 12.3. The number of amides is 1. The molecule has 0 aromatic heterocycles. The van der Waals surface area contributed by atoms with Crippen molar-refractivity contribution < 1.29 is 4.79 Å². The molecule has 2 rings (SSSR count). The van der Waals surface area contributed by atoms with Crippen LogP contribution in [0.15, 0.2) is 48.5 Å². The third kappa shape index (κ3) is 3.27. The first kappa shape index (κ1) is 14.3. The van der Waals surface area contributed by atoms with E-state index in [1.807, 2.05) is 49.4 Å². The number of hydrogen-bond acceptors (Lipinski definition) is 1. The topological polar surface area (TPSA) is 29.1 Å². The molecule has 1 amide bonds. The Balaban J connectivity index is 2.24. The molecule has 2 nitrogen and oxygen atoms in total. The summed E-state index contributed by atoms with van der Waals surface area (Å²) in [5.41, 5.74) is 3.89. The standard InChI is InChI=1S/C18H21NO/c1-4-14(3)16-10-5-6-11-17(16)19-18(20)15-9-7-8-13(2)12-15/h5-12,14H,4H2,1-3H3,(H,19,20)/t14-/m1/s1. The van der Waals surface area contributed by atoms with E-state index in [9.17, 15) is 4.79 Å². The van der Waals surface area contributed by atoms with Gasteiger partial charge in [0.2, 0.25) is 0 Å². The zero-order valence-corrected chi connectivity index (χ0v) is 12.3. The first-order valence-corrected chi connectivity index (χ1v) is 7.08. The maximum Gasteiger partial charge on any atom is 0.255 e. The zero-order chi connectivity index (χ0) is 14.5. The molecule has 0 unspecified atom stereocenters. The quantitative estimate of drug-likeness (QED) is 0.850. The number of hydrogen-bond donors (Lipinski definition) is 1. The summed E-state index contributed by atoms with van der Waals surface area (Å²) in [7, 11) is 0. The first-order chi connectivity index (χ1) is 9.61. The van der Waals surface area contributed by atoms with Crippen molar-refractivity contribution in [3.8, 4) is 0 Å². The minimum absolute atomic E-state index is 0.0514. The van der Waals surface area contributed by atoms with Gasteiger partial charge in [-0.1, -0.05) is 49.7 Å². The Hall–Kier alpha value is -2.09. The number of benzene rings is 2. The number of nitrogens with one attached hydrogen (secondary N) is 1. The van der Waals surface area contributed by atoms with E-state index in [-0.39, 0.29) is 5.91 Å². The summed E-state index contributed by atoms with van der Waals surface area (Å²) in [4.78, 5) is 12.3. The van der Waals surface area contributed by atoms with Crippen molar-refractivity contribution in [2.45, 2.75) is 33.1 Å². The van der Waals surface area contributed by atoms with E-state index in [0.29, 0.717) is 11.5 Å². The highest BCUT2D eigenvalue weighted by Crippen LogP contribution is 2.26. The highest BCUT2D eigenvalue weighted by Gasteiger charge is 2.12. The van der Waals surface area contributed by atoms with E-state index in [0.717, 1.165) is 17.7 Å². The van der Waals surface area contributed by atoms with Gasteiger partial charge in [0, 0.05) is 11.3 Å². The normalized spacial score (nSPS) is 11.9. The van der Waals surface area contributed by atoms with E-state index >= 15 is 0 Å². The summed E-state index contributed by atoms with van der Waals surface area (Å²) >= 11 is 0. The minimum atomic E-state index is -0.0514. The van der Waals surface area contributed by atoms with Crippen LogP contribution in [0.2, 0.25) is 0 Å². The van der Waals surface area contributed by atoms with Crippen molar-refractivity contribution in [2.24, 2.45) is 0 Å². The molecular formula is C18H21NO. The lowest BCUT2D eigenvalue weighted by molar-refractivity contribution is 0.102. The van der Waals surface area contributed by atoms with E-state index in [4.69, 9.17) is 0 Å². The van der Waals surface area contributed by atoms with Gasteiger partial charge in [-0.2, -0.15) is 0 Å². The largest absolute Gasteiger partial charge is 0.322 e. The second-order valence-corrected chi connectivity index (χ2v) is 5.22. The van der Waals surface area contributed by atoms with E-state index in [2.05, 4.69) is 25.2 Å². The molecule has 0 bridgehead atoms. The summed E-state index contributed by atoms with van der Waals surface area (Å²) in [6.45, 7) is 6.32. The fourth-order valence-corrected chi connectivity index (χ4v) is 2.24. The number of para-hydroxylation sites is 1. The van der Waals surface area contributed by atoms with Gasteiger partial charge in [-0.3, -0.25) is 4.79 Å². The number of carbonyl (C=O) groups is 1. The van der Waals surface area contributed by atoms with Crippen LogP contribution in [0.4, 0.5) is 5.69 Å². The molecule has 2 heteroatoms. The van der Waals surface area contributed by atoms with Gasteiger partial charge >= 0.3 is 0 Å². The summed E-state index contributed by atoms with van der Waals surface area (Å²) in [5.74, 6) is 0.383. The molecule has 0 radical (unpaired) electrons. The molecule has 1 atom stereocenters. The van der Waals surface area contributed by atoms with Crippen LogP contribution in [-0.2, 0) is 0 Å². The molecule has 0 saturated heterocycles. The van der Waals surface area contributed by atoms with E-state index in [1.54, 1.807) is 0 Å². The highest BCUT2D eigenvalue weighted by molar-refractivity contribution is 6.04. The van der Waals surface area contributed by atoms with Crippen LogP contribution in [0.1, 0.15) is 47.7 Å². The second kappa shape index (κ2) is 6.38. The maximum atomic E-state index is 12.3. The van der Waals surface area contributed by atoms with Gasteiger partial charge in [0.1, 0.15) is 0 Å². The predicted molar refractivity (Wildman–Crippen MR) is 84.3 cm³/mol. The molecule has 0 aliphatic carbocycles. The Morgan fingerprint density at radius 1 is 1.15 bits per heavy atom. The van der Waals surface area contributed by atoms with Crippen molar-refractivity contribution in [1.29, 1.82) is 0 Å². The lowest BCUT2D eigenvalue weighted by Crippen LogP contribution is -2.14. The number of anilines is 1. The number of rotatable bonds is 4. The molecule has 0 aliphatic heterocycles. The Morgan fingerprint density at radius 3 is 2.60 bits per heavy atom. The van der Waals surface area contributed by atoms with Crippen LogP contribution < -0.4 is 5.32 Å². The molecule has 0 heterocycles. The van der Waals surface area contributed by atoms with Crippen molar-refractivity contribution in [1.82, 2.24) is 0 Å². The SMILES string of the molecule is CC[C@@H](C)c1ccccc1NC(=O)c1cccc(C)c1. The molecule has 2 aromatic rings. The number of carbonyl (C=O) groups excluding carboxylic acids is 1. The van der Waals surface area contributed by atoms with Crippen LogP contribution in [0.5, 0.6) is 0 Å². The molecule has 1 N–H and O–H groups in total. The summed E-state index contributed by atoms with van der Waals surface area (Å²) in [6.07, 6.45) is 1.05. The average molecular weight is 267 g/mol. The summed E-state index contributed by atoms with van der Waals surface area (Å²) < 4.78 is 0. The van der Waals surface area contributed by atoms with Crippen molar-refractivity contribution >= 4 is 11.6 Å². The predicted octanol–water partition coefficient (Wildman–Crippen LogP) is 4.76. The van der Waals surface area contributed by atoms with E-state index in [1.165, 1.54) is 5.56 Å². The molecule has 0 spiro atoms. The molecule has 2 aromatic carbocycles. The Kier molecular flexibility index (Phi) is 4.57. The molecule has 104 valence electrons. The lowest BCUT2D eigenvalue weighted by atomic mass is 9.96. The van der Waals surface area contributed by atoms with Gasteiger partial charge in [0.05, 0.1) is 0 Å². The third-order valence-electron chi connectivity index (χ3n) is 3.63. The van der Waals surface area contributed by atoms with Crippen LogP contribution in [0.3, 0.4) is 0 Å². The Morgan fingerprint density at radius 2 is 1.90 bits per heavy atom. The molecule has 0 saturated carbocycles. The van der Waals surface area contributed by atoms with Crippen molar-refractivity contribution in [2.75, 3.05) is 5.32 Å².